The number of nitrogens with zero attached hydrogens (tertiary/aromatic N) is 1. The van der Waals surface area contributed by atoms with Gasteiger partial charge < -0.3 is 5.11 Å². The van der Waals surface area contributed by atoms with Gasteiger partial charge in [-0.25, -0.2) is 5.43 Å². The molecule has 0 aliphatic heterocycles. The fraction of sp³-hybridized carbons (Fsp3) is 0.500. The quantitative estimate of drug-likeness (QED) is 0.411. The Bertz CT molecular complexity index is 198. The minimum Gasteiger partial charge on any atom is -0.386 e. The molecule has 0 aliphatic carbocycles. The molecule has 0 fully saturated rings. The first-order valence-electron chi connectivity index (χ1n) is 3.03. The summed E-state index contributed by atoms with van der Waals surface area (Å²) in [7, 11) is 0. The van der Waals surface area contributed by atoms with Crippen LogP contribution >= 0.6 is 0 Å². The zero-order valence-corrected chi connectivity index (χ0v) is 6.42. The van der Waals surface area contributed by atoms with Crippen molar-refractivity contribution < 1.29 is 14.7 Å². The van der Waals surface area contributed by atoms with E-state index in [2.05, 4.69) is 5.10 Å². The van der Waals surface area contributed by atoms with E-state index in [9.17, 15) is 9.59 Å². The molecule has 0 aromatic rings. The summed E-state index contributed by atoms with van der Waals surface area (Å²) in [5.41, 5.74) is 2.19. The molecule has 0 atom stereocenters. The Kier molecular flexibility index (Phi) is 4.05. The van der Waals surface area contributed by atoms with Gasteiger partial charge in [0.25, 0.3) is 5.91 Å². The van der Waals surface area contributed by atoms with Crippen molar-refractivity contribution in [1.29, 1.82) is 0 Å². The van der Waals surface area contributed by atoms with Gasteiger partial charge in [-0.15, -0.1) is 0 Å². The Morgan fingerprint density at radius 3 is 2.36 bits per heavy atom. The van der Waals surface area contributed by atoms with Crippen LogP contribution in [0, 0.1) is 0 Å². The average molecular weight is 158 g/mol. The molecule has 0 aliphatic rings. The van der Waals surface area contributed by atoms with Gasteiger partial charge in [0.05, 0.1) is 0 Å². The lowest BCUT2D eigenvalue weighted by molar-refractivity contribution is -0.123. The molecule has 0 radical (unpaired) electrons. The van der Waals surface area contributed by atoms with Gasteiger partial charge >= 0.3 is 0 Å². The molecule has 0 rings (SSSR count). The second-order valence-corrected chi connectivity index (χ2v) is 1.95. The highest BCUT2D eigenvalue weighted by molar-refractivity contribution is 6.38. The maximum atomic E-state index is 10.5. The zero-order chi connectivity index (χ0) is 8.85. The lowest BCUT2D eigenvalue weighted by atomic mass is 10.3. The molecule has 0 saturated carbocycles. The Morgan fingerprint density at radius 2 is 2.00 bits per heavy atom. The highest BCUT2D eigenvalue weighted by atomic mass is 16.3. The highest BCUT2D eigenvalue weighted by Crippen LogP contribution is 1.76. The first-order chi connectivity index (χ1) is 5.07. The number of ketones is 1. The van der Waals surface area contributed by atoms with E-state index >= 15 is 0 Å². The molecule has 62 valence electrons. The molecule has 0 aromatic carbocycles. The smallest absolute Gasteiger partial charge is 0.265 e. The molecular weight excluding hydrogens is 148 g/mol. The number of aliphatic hydroxyl groups is 1. The lowest BCUT2D eigenvalue weighted by Gasteiger charge is -1.95. The van der Waals surface area contributed by atoms with Crippen LogP contribution in [-0.2, 0) is 9.59 Å². The van der Waals surface area contributed by atoms with Crippen LogP contribution in [0.3, 0.4) is 0 Å². The molecule has 2 N–H and O–H groups in total. The van der Waals surface area contributed by atoms with E-state index < -0.39 is 12.5 Å². The van der Waals surface area contributed by atoms with Gasteiger partial charge in [-0.1, -0.05) is 0 Å². The van der Waals surface area contributed by atoms with Gasteiger partial charge in [-0.05, 0) is 6.92 Å². The second-order valence-electron chi connectivity index (χ2n) is 1.95. The molecule has 0 aromatic heterocycles. The van der Waals surface area contributed by atoms with Crippen LogP contribution in [0.4, 0.5) is 0 Å². The molecule has 0 heterocycles. The number of carbonyl (C=O) groups is 2. The maximum Gasteiger partial charge on any atom is 0.265 e. The van der Waals surface area contributed by atoms with Gasteiger partial charge in [0.1, 0.15) is 12.3 Å². The molecular formula is C6H10N2O3. The van der Waals surface area contributed by atoms with E-state index in [4.69, 9.17) is 5.11 Å². The van der Waals surface area contributed by atoms with Crippen molar-refractivity contribution >= 4 is 17.4 Å². The van der Waals surface area contributed by atoms with E-state index in [1.807, 2.05) is 5.43 Å². The van der Waals surface area contributed by atoms with Crippen molar-refractivity contribution in [2.75, 3.05) is 6.61 Å². The van der Waals surface area contributed by atoms with E-state index in [0.29, 0.717) is 0 Å². The third-order valence-corrected chi connectivity index (χ3v) is 1.00. The molecule has 0 spiro atoms. The molecule has 1 amide bonds. The fourth-order valence-electron chi connectivity index (χ4n) is 0.260. The average Bonchev–Trinajstić information content (AvgIpc) is 1.99. The number of aliphatic hydroxyl groups excluding tert-OH is 1. The number of hydrazone groups is 1. The summed E-state index contributed by atoms with van der Waals surface area (Å²) in [6.07, 6.45) is 0. The van der Waals surface area contributed by atoms with Crippen molar-refractivity contribution in [3.8, 4) is 0 Å². The summed E-state index contributed by atoms with van der Waals surface area (Å²) in [6.45, 7) is 2.18. The van der Waals surface area contributed by atoms with Crippen LogP contribution in [0.5, 0.6) is 0 Å². The summed E-state index contributed by atoms with van der Waals surface area (Å²) in [4.78, 5) is 20.9. The molecule has 0 bridgehead atoms. The van der Waals surface area contributed by atoms with Crippen LogP contribution in [0.25, 0.3) is 0 Å². The van der Waals surface area contributed by atoms with E-state index in [-0.39, 0.29) is 11.5 Å². The summed E-state index contributed by atoms with van der Waals surface area (Å²) < 4.78 is 0. The monoisotopic (exact) mass is 158 g/mol. The molecule has 5 heteroatoms. The Balaban J connectivity index is 3.92. The van der Waals surface area contributed by atoms with Crippen LogP contribution in [-0.4, -0.2) is 29.1 Å². The Morgan fingerprint density at radius 1 is 1.45 bits per heavy atom. The van der Waals surface area contributed by atoms with Gasteiger partial charge in [-0.2, -0.15) is 5.10 Å². The van der Waals surface area contributed by atoms with Crippen molar-refractivity contribution in [3.05, 3.63) is 0 Å². The standard InChI is InChI=1S/C6H10N2O3/c1-4(5(2)10)7-8-6(11)3-9/h9H,3H2,1-2H3,(H,8,11)/b7-4+. The van der Waals surface area contributed by atoms with E-state index in [1.54, 1.807) is 0 Å². The number of hydrogen-bond acceptors (Lipinski definition) is 4. The summed E-state index contributed by atoms with van der Waals surface area (Å²) in [5.74, 6) is -0.853. The molecule has 11 heavy (non-hydrogen) atoms. The number of nitrogens with one attached hydrogen (secondary N) is 1. The zero-order valence-electron chi connectivity index (χ0n) is 6.42. The first kappa shape index (κ1) is 9.77. The summed E-state index contributed by atoms with van der Waals surface area (Å²) in [5, 5.41) is 11.6. The van der Waals surface area contributed by atoms with Crippen molar-refractivity contribution in [2.45, 2.75) is 13.8 Å². The highest BCUT2D eigenvalue weighted by Gasteiger charge is 1.98. The van der Waals surface area contributed by atoms with Crippen LogP contribution < -0.4 is 5.43 Å². The molecule has 5 nitrogen and oxygen atoms in total. The van der Waals surface area contributed by atoms with Crippen molar-refractivity contribution in [1.82, 2.24) is 5.43 Å². The van der Waals surface area contributed by atoms with Crippen molar-refractivity contribution in [3.63, 3.8) is 0 Å². The second kappa shape index (κ2) is 4.56. The Labute approximate surface area is 64.1 Å². The van der Waals surface area contributed by atoms with Gasteiger partial charge in [0, 0.05) is 6.92 Å². The van der Waals surface area contributed by atoms with E-state index in [1.165, 1.54) is 13.8 Å². The predicted molar refractivity (Wildman–Crippen MR) is 39.0 cm³/mol. The van der Waals surface area contributed by atoms with Gasteiger partial charge in [-0.3, -0.25) is 9.59 Å². The maximum absolute atomic E-state index is 10.5. The number of Topliss-reactive ketones (excluding diaryl/α,β-unsaturated/α-hetero) is 1. The third-order valence-electron chi connectivity index (χ3n) is 1.00. The number of rotatable bonds is 3. The molecule has 0 saturated heterocycles. The Hall–Kier alpha value is -1.23. The van der Waals surface area contributed by atoms with E-state index in [0.717, 1.165) is 0 Å². The molecule has 0 unspecified atom stereocenters. The largest absolute Gasteiger partial charge is 0.386 e. The van der Waals surface area contributed by atoms with Gasteiger partial charge in [0.15, 0.2) is 5.78 Å². The number of hydrogen-bond donors (Lipinski definition) is 2. The number of carbonyl (C=O) groups excluding carboxylic acids is 2. The summed E-state index contributed by atoms with van der Waals surface area (Å²) >= 11 is 0. The summed E-state index contributed by atoms with van der Waals surface area (Å²) in [6, 6.07) is 0. The SMILES string of the molecule is CC(=O)/C(C)=N/NC(=O)CO. The van der Waals surface area contributed by atoms with Crippen molar-refractivity contribution in [2.24, 2.45) is 5.10 Å². The topological polar surface area (TPSA) is 78.8 Å². The van der Waals surface area contributed by atoms with Crippen LogP contribution in [0.1, 0.15) is 13.8 Å². The first-order valence-corrected chi connectivity index (χ1v) is 3.03. The predicted octanol–water partition coefficient (Wildman–Crippen LogP) is -0.940. The third kappa shape index (κ3) is 4.21. The lowest BCUT2D eigenvalue weighted by Crippen LogP contribution is -2.23. The minimum absolute atomic E-state index is 0.201. The van der Waals surface area contributed by atoms with Gasteiger partial charge in [0.2, 0.25) is 0 Å². The van der Waals surface area contributed by atoms with Crippen LogP contribution in [0.2, 0.25) is 0 Å². The number of amides is 1. The fourth-order valence-corrected chi connectivity index (χ4v) is 0.260. The normalized spacial score (nSPS) is 11.0. The van der Waals surface area contributed by atoms with Crippen LogP contribution in [0.15, 0.2) is 5.10 Å². The minimum atomic E-state index is -0.634.